The highest BCUT2D eigenvalue weighted by atomic mass is 79.9. The summed E-state index contributed by atoms with van der Waals surface area (Å²) >= 11 is 3.17. The zero-order valence-electron chi connectivity index (χ0n) is 9.05. The van der Waals surface area contributed by atoms with Crippen LogP contribution in [0.3, 0.4) is 0 Å². The van der Waals surface area contributed by atoms with Crippen LogP contribution in [0, 0.1) is 0 Å². The summed E-state index contributed by atoms with van der Waals surface area (Å²) in [6.45, 7) is 2.12. The number of hydrogen-bond donors (Lipinski definition) is 0. The second-order valence-electron chi connectivity index (χ2n) is 3.34. The third kappa shape index (κ3) is 3.06. The molecule has 1 aromatic rings. The van der Waals surface area contributed by atoms with Gasteiger partial charge in [-0.05, 0) is 24.1 Å². The highest BCUT2D eigenvalue weighted by Crippen LogP contribution is 2.21. The van der Waals surface area contributed by atoms with Crippen molar-refractivity contribution in [3.05, 3.63) is 29.3 Å². The van der Waals surface area contributed by atoms with Crippen molar-refractivity contribution in [2.45, 2.75) is 19.8 Å². The molecule has 15 heavy (non-hydrogen) atoms. The van der Waals surface area contributed by atoms with Crippen LogP contribution in [-0.2, 0) is 6.42 Å². The summed E-state index contributed by atoms with van der Waals surface area (Å²) in [6.07, 6.45) is 2.07. The van der Waals surface area contributed by atoms with Gasteiger partial charge in [-0.1, -0.05) is 35.3 Å². The number of Topliss-reactive ketones (excluding diaryl/α,β-unsaturated/α-hetero) is 1. The lowest BCUT2D eigenvalue weighted by molar-refractivity contribution is 0.102. The average molecular weight is 271 g/mol. The fourth-order valence-electron chi connectivity index (χ4n) is 1.49. The van der Waals surface area contributed by atoms with E-state index in [4.69, 9.17) is 4.74 Å². The lowest BCUT2D eigenvalue weighted by Gasteiger charge is -2.08. The predicted molar refractivity (Wildman–Crippen MR) is 65.1 cm³/mol. The zero-order valence-corrected chi connectivity index (χ0v) is 10.6. The Morgan fingerprint density at radius 1 is 1.47 bits per heavy atom. The minimum absolute atomic E-state index is 0.0600. The number of halogens is 1. The number of hydrogen-bond acceptors (Lipinski definition) is 2. The predicted octanol–water partition coefficient (Wildman–Crippen LogP) is 3.23. The van der Waals surface area contributed by atoms with E-state index in [1.165, 1.54) is 5.56 Å². The van der Waals surface area contributed by atoms with E-state index in [-0.39, 0.29) is 5.78 Å². The summed E-state index contributed by atoms with van der Waals surface area (Å²) < 4.78 is 5.16. The van der Waals surface area contributed by atoms with Gasteiger partial charge in [0.2, 0.25) is 0 Å². The number of carbonyl (C=O) groups excluding carboxylic acids is 1. The van der Waals surface area contributed by atoms with Crippen molar-refractivity contribution < 1.29 is 9.53 Å². The van der Waals surface area contributed by atoms with Crippen molar-refractivity contribution >= 4 is 21.7 Å². The number of rotatable bonds is 5. The Bertz CT molecular complexity index is 347. The minimum atomic E-state index is 0.0600. The molecule has 0 heterocycles. The van der Waals surface area contributed by atoms with Crippen LogP contribution in [0.5, 0.6) is 5.75 Å². The fourth-order valence-corrected chi connectivity index (χ4v) is 1.79. The van der Waals surface area contributed by atoms with Crippen molar-refractivity contribution in [3.8, 4) is 5.75 Å². The number of ketones is 1. The first-order valence-corrected chi connectivity index (χ1v) is 6.11. The Kier molecular flexibility index (Phi) is 4.82. The molecule has 0 aliphatic carbocycles. The van der Waals surface area contributed by atoms with Crippen molar-refractivity contribution in [3.63, 3.8) is 0 Å². The van der Waals surface area contributed by atoms with Gasteiger partial charge in [0.15, 0.2) is 5.78 Å². The molecule has 0 saturated heterocycles. The Hall–Kier alpha value is -0.830. The Morgan fingerprint density at radius 3 is 2.73 bits per heavy atom. The largest absolute Gasteiger partial charge is 0.496 e. The molecule has 0 aromatic heterocycles. The topological polar surface area (TPSA) is 26.3 Å². The van der Waals surface area contributed by atoms with Gasteiger partial charge in [-0.25, -0.2) is 0 Å². The first kappa shape index (κ1) is 12.2. The molecule has 0 aliphatic heterocycles. The molecule has 0 unspecified atom stereocenters. The van der Waals surface area contributed by atoms with Gasteiger partial charge in [0.25, 0.3) is 0 Å². The van der Waals surface area contributed by atoms with Gasteiger partial charge < -0.3 is 4.74 Å². The fraction of sp³-hybridized carbons (Fsp3) is 0.417. The van der Waals surface area contributed by atoms with Gasteiger partial charge in [0.1, 0.15) is 5.75 Å². The van der Waals surface area contributed by atoms with Gasteiger partial charge in [0.05, 0.1) is 18.0 Å². The third-order valence-electron chi connectivity index (χ3n) is 2.22. The van der Waals surface area contributed by atoms with Crippen molar-refractivity contribution in [2.75, 3.05) is 12.4 Å². The summed E-state index contributed by atoms with van der Waals surface area (Å²) in [5, 5.41) is 0.332. The SMILES string of the molecule is CCCc1ccc(OC)c(C(=O)CBr)c1. The minimum Gasteiger partial charge on any atom is -0.496 e. The smallest absolute Gasteiger partial charge is 0.177 e. The lowest BCUT2D eigenvalue weighted by Crippen LogP contribution is -2.04. The van der Waals surface area contributed by atoms with Crippen LogP contribution in [0.2, 0.25) is 0 Å². The number of benzene rings is 1. The van der Waals surface area contributed by atoms with E-state index in [1.807, 2.05) is 18.2 Å². The van der Waals surface area contributed by atoms with E-state index < -0.39 is 0 Å². The highest BCUT2D eigenvalue weighted by molar-refractivity contribution is 9.09. The molecule has 0 spiro atoms. The van der Waals surface area contributed by atoms with Gasteiger partial charge in [-0.15, -0.1) is 0 Å². The maximum absolute atomic E-state index is 11.6. The van der Waals surface area contributed by atoms with Crippen LogP contribution < -0.4 is 4.74 Å². The van der Waals surface area contributed by atoms with Crippen LogP contribution in [-0.4, -0.2) is 18.2 Å². The highest BCUT2D eigenvalue weighted by Gasteiger charge is 2.11. The average Bonchev–Trinajstić information content (AvgIpc) is 2.28. The second kappa shape index (κ2) is 5.91. The Balaban J connectivity index is 3.07. The Morgan fingerprint density at radius 2 is 2.20 bits per heavy atom. The number of carbonyl (C=O) groups is 1. The molecule has 0 bridgehead atoms. The molecule has 0 N–H and O–H groups in total. The van der Waals surface area contributed by atoms with E-state index >= 15 is 0 Å². The van der Waals surface area contributed by atoms with Crippen LogP contribution in [0.4, 0.5) is 0 Å². The monoisotopic (exact) mass is 270 g/mol. The van der Waals surface area contributed by atoms with Crippen molar-refractivity contribution in [1.82, 2.24) is 0 Å². The summed E-state index contributed by atoms with van der Waals surface area (Å²) in [6, 6.07) is 5.79. The molecule has 1 rings (SSSR count). The van der Waals surface area contributed by atoms with Gasteiger partial charge in [0, 0.05) is 0 Å². The molecule has 0 saturated carbocycles. The molecular formula is C12H15BrO2. The summed E-state index contributed by atoms with van der Waals surface area (Å²) in [5.41, 5.74) is 1.85. The molecule has 82 valence electrons. The summed E-state index contributed by atoms with van der Waals surface area (Å²) in [5.74, 6) is 0.712. The zero-order chi connectivity index (χ0) is 11.3. The molecule has 3 heteroatoms. The standard InChI is InChI=1S/C12H15BrO2/c1-3-4-9-5-6-12(15-2)10(7-9)11(14)8-13/h5-7H,3-4,8H2,1-2H3. The van der Waals surface area contributed by atoms with Crippen LogP contribution in [0.15, 0.2) is 18.2 Å². The quantitative estimate of drug-likeness (QED) is 0.607. The number of alkyl halides is 1. The van der Waals surface area contributed by atoms with Crippen molar-refractivity contribution in [2.24, 2.45) is 0 Å². The first-order chi connectivity index (χ1) is 7.22. The molecule has 2 nitrogen and oxygen atoms in total. The molecule has 0 fully saturated rings. The van der Waals surface area contributed by atoms with E-state index in [1.54, 1.807) is 7.11 Å². The maximum Gasteiger partial charge on any atom is 0.177 e. The maximum atomic E-state index is 11.6. The normalized spacial score (nSPS) is 10.1. The van der Waals surface area contributed by atoms with E-state index in [2.05, 4.69) is 22.9 Å². The Labute approximate surface area is 98.8 Å². The van der Waals surface area contributed by atoms with E-state index in [0.717, 1.165) is 12.8 Å². The number of methoxy groups -OCH3 is 1. The molecular weight excluding hydrogens is 256 g/mol. The van der Waals surface area contributed by atoms with E-state index in [0.29, 0.717) is 16.6 Å². The number of ether oxygens (including phenoxy) is 1. The summed E-state index contributed by atoms with van der Waals surface area (Å²) in [7, 11) is 1.58. The van der Waals surface area contributed by atoms with Crippen LogP contribution in [0.1, 0.15) is 29.3 Å². The van der Waals surface area contributed by atoms with Crippen molar-refractivity contribution in [1.29, 1.82) is 0 Å². The van der Waals surface area contributed by atoms with Crippen LogP contribution >= 0.6 is 15.9 Å². The second-order valence-corrected chi connectivity index (χ2v) is 3.90. The molecule has 0 radical (unpaired) electrons. The van der Waals surface area contributed by atoms with Gasteiger partial charge in [-0.2, -0.15) is 0 Å². The van der Waals surface area contributed by atoms with Gasteiger partial charge >= 0.3 is 0 Å². The summed E-state index contributed by atoms with van der Waals surface area (Å²) in [4.78, 5) is 11.6. The third-order valence-corrected chi connectivity index (χ3v) is 2.73. The lowest BCUT2D eigenvalue weighted by atomic mass is 10.0. The first-order valence-electron chi connectivity index (χ1n) is 4.99. The van der Waals surface area contributed by atoms with Gasteiger partial charge in [-0.3, -0.25) is 4.79 Å². The van der Waals surface area contributed by atoms with E-state index in [9.17, 15) is 4.79 Å². The number of aryl methyl sites for hydroxylation is 1. The van der Waals surface area contributed by atoms with Crippen LogP contribution in [0.25, 0.3) is 0 Å². The molecule has 0 atom stereocenters. The molecule has 0 amide bonds. The molecule has 1 aromatic carbocycles. The molecule has 0 aliphatic rings.